The van der Waals surface area contributed by atoms with Crippen LogP contribution < -0.4 is 15.4 Å². The molecule has 1 saturated heterocycles. The lowest BCUT2D eigenvalue weighted by atomic mass is 9.93. The number of hydrogen-bond acceptors (Lipinski definition) is 3. The number of para-hydroxylation sites is 1. The van der Waals surface area contributed by atoms with Gasteiger partial charge in [0.1, 0.15) is 11.4 Å². The van der Waals surface area contributed by atoms with Crippen LogP contribution >= 0.6 is 0 Å². The average molecular weight is 246 g/mol. The second-order valence-corrected chi connectivity index (χ2v) is 5.55. The standard InChI is InChI=1S/C14H18N2O2/c1-14(2)13(16-9-7-12(17)15-8-9)10-5-3-4-6-11(10)18-14/h3-6,9,13,16H,7-8H2,1-2H3,(H,15,17). The first-order chi connectivity index (χ1) is 8.56. The van der Waals surface area contributed by atoms with E-state index in [4.69, 9.17) is 4.74 Å². The highest BCUT2D eigenvalue weighted by atomic mass is 16.5. The van der Waals surface area contributed by atoms with Gasteiger partial charge in [-0.3, -0.25) is 4.79 Å². The van der Waals surface area contributed by atoms with E-state index in [0.717, 1.165) is 5.75 Å². The van der Waals surface area contributed by atoms with Gasteiger partial charge >= 0.3 is 0 Å². The van der Waals surface area contributed by atoms with Crippen LogP contribution in [0, 0.1) is 0 Å². The minimum Gasteiger partial charge on any atom is -0.486 e. The molecular weight excluding hydrogens is 228 g/mol. The molecule has 0 aliphatic carbocycles. The van der Waals surface area contributed by atoms with Crippen LogP contribution in [-0.2, 0) is 4.79 Å². The first-order valence-electron chi connectivity index (χ1n) is 6.37. The summed E-state index contributed by atoms with van der Waals surface area (Å²) in [5.74, 6) is 1.06. The summed E-state index contributed by atoms with van der Waals surface area (Å²) in [5, 5.41) is 6.40. The number of carbonyl (C=O) groups excluding carboxylic acids is 1. The normalized spacial score (nSPS) is 28.7. The molecule has 1 fully saturated rings. The Morgan fingerprint density at radius 3 is 2.89 bits per heavy atom. The Labute approximate surface area is 107 Å². The quantitative estimate of drug-likeness (QED) is 0.829. The van der Waals surface area contributed by atoms with Crippen molar-refractivity contribution in [2.24, 2.45) is 0 Å². The molecule has 2 unspecified atom stereocenters. The van der Waals surface area contributed by atoms with Crippen LogP contribution in [0.4, 0.5) is 0 Å². The minimum absolute atomic E-state index is 0.123. The molecule has 0 saturated carbocycles. The molecule has 3 rings (SSSR count). The second kappa shape index (κ2) is 3.99. The molecule has 2 atom stereocenters. The molecule has 1 amide bonds. The van der Waals surface area contributed by atoms with Gasteiger partial charge in [0.25, 0.3) is 0 Å². The fraction of sp³-hybridized carbons (Fsp3) is 0.500. The van der Waals surface area contributed by atoms with Gasteiger partial charge in [-0.1, -0.05) is 18.2 Å². The van der Waals surface area contributed by atoms with Crippen molar-refractivity contribution in [2.45, 2.75) is 38.0 Å². The van der Waals surface area contributed by atoms with Crippen LogP contribution in [0.15, 0.2) is 24.3 Å². The van der Waals surface area contributed by atoms with Gasteiger partial charge in [-0.05, 0) is 19.9 Å². The summed E-state index contributed by atoms with van der Waals surface area (Å²) in [6.07, 6.45) is 0.550. The van der Waals surface area contributed by atoms with Crippen LogP contribution in [-0.4, -0.2) is 24.1 Å². The smallest absolute Gasteiger partial charge is 0.221 e. The third-order valence-corrected chi connectivity index (χ3v) is 3.68. The van der Waals surface area contributed by atoms with Gasteiger partial charge in [-0.25, -0.2) is 0 Å². The Hall–Kier alpha value is -1.55. The fourth-order valence-corrected chi connectivity index (χ4v) is 2.78. The number of hydrogen-bond donors (Lipinski definition) is 2. The molecule has 0 radical (unpaired) electrons. The van der Waals surface area contributed by atoms with E-state index in [-0.39, 0.29) is 23.6 Å². The van der Waals surface area contributed by atoms with E-state index >= 15 is 0 Å². The van der Waals surface area contributed by atoms with Crippen molar-refractivity contribution in [3.05, 3.63) is 29.8 Å². The van der Waals surface area contributed by atoms with Crippen LogP contribution in [0.25, 0.3) is 0 Å². The molecule has 4 nitrogen and oxygen atoms in total. The van der Waals surface area contributed by atoms with Gasteiger partial charge in [0, 0.05) is 24.6 Å². The summed E-state index contributed by atoms with van der Waals surface area (Å²) in [6, 6.07) is 8.42. The number of rotatable bonds is 2. The zero-order chi connectivity index (χ0) is 12.8. The number of carbonyl (C=O) groups is 1. The summed E-state index contributed by atoms with van der Waals surface area (Å²) < 4.78 is 5.98. The third kappa shape index (κ3) is 1.86. The maximum Gasteiger partial charge on any atom is 0.221 e. The van der Waals surface area contributed by atoms with E-state index in [1.165, 1.54) is 5.56 Å². The van der Waals surface area contributed by atoms with E-state index in [2.05, 4.69) is 30.5 Å². The van der Waals surface area contributed by atoms with Gasteiger partial charge in [0.05, 0.1) is 6.04 Å². The van der Waals surface area contributed by atoms with Crippen molar-refractivity contribution in [2.75, 3.05) is 6.54 Å². The molecule has 1 aromatic rings. The molecular formula is C14H18N2O2. The molecule has 0 spiro atoms. The Morgan fingerprint density at radius 1 is 1.39 bits per heavy atom. The van der Waals surface area contributed by atoms with Gasteiger partial charge in [-0.2, -0.15) is 0 Å². The number of benzene rings is 1. The van der Waals surface area contributed by atoms with Crippen LogP contribution in [0.5, 0.6) is 5.75 Å². The minimum atomic E-state index is -0.282. The van der Waals surface area contributed by atoms with Crippen LogP contribution in [0.2, 0.25) is 0 Å². The van der Waals surface area contributed by atoms with E-state index in [0.29, 0.717) is 13.0 Å². The molecule has 4 heteroatoms. The van der Waals surface area contributed by atoms with Crippen molar-refractivity contribution in [1.82, 2.24) is 10.6 Å². The molecule has 96 valence electrons. The number of nitrogens with one attached hydrogen (secondary N) is 2. The SMILES string of the molecule is CC1(C)Oc2ccccc2C1NC1CNC(=O)C1. The third-order valence-electron chi connectivity index (χ3n) is 3.68. The molecule has 18 heavy (non-hydrogen) atoms. The maximum atomic E-state index is 11.3. The number of fused-ring (bicyclic) bond motifs is 1. The Kier molecular flexibility index (Phi) is 2.55. The van der Waals surface area contributed by atoms with Crippen molar-refractivity contribution >= 4 is 5.91 Å². The van der Waals surface area contributed by atoms with E-state index < -0.39 is 0 Å². The van der Waals surface area contributed by atoms with E-state index in [1.54, 1.807) is 0 Å². The lowest BCUT2D eigenvalue weighted by molar-refractivity contribution is -0.119. The summed E-state index contributed by atoms with van der Waals surface area (Å²) in [5.41, 5.74) is 0.900. The largest absolute Gasteiger partial charge is 0.486 e. The first-order valence-corrected chi connectivity index (χ1v) is 6.37. The average Bonchev–Trinajstić information content (AvgIpc) is 2.82. The van der Waals surface area contributed by atoms with Crippen molar-refractivity contribution < 1.29 is 9.53 Å². The molecule has 2 N–H and O–H groups in total. The molecule has 0 bridgehead atoms. The Morgan fingerprint density at radius 2 is 2.17 bits per heavy atom. The van der Waals surface area contributed by atoms with Crippen LogP contribution in [0.3, 0.4) is 0 Å². The van der Waals surface area contributed by atoms with Gasteiger partial charge < -0.3 is 15.4 Å². The van der Waals surface area contributed by atoms with Crippen molar-refractivity contribution in [1.29, 1.82) is 0 Å². The summed E-state index contributed by atoms with van der Waals surface area (Å²) in [6.45, 7) is 4.86. The van der Waals surface area contributed by atoms with Gasteiger partial charge in [0.2, 0.25) is 5.91 Å². The number of amides is 1. The summed E-state index contributed by atoms with van der Waals surface area (Å²) in [4.78, 5) is 11.3. The predicted molar refractivity (Wildman–Crippen MR) is 68.4 cm³/mol. The maximum absolute atomic E-state index is 11.3. The highest BCUT2D eigenvalue weighted by Gasteiger charge is 2.42. The van der Waals surface area contributed by atoms with Crippen molar-refractivity contribution in [3.8, 4) is 5.75 Å². The molecule has 2 aliphatic heterocycles. The predicted octanol–water partition coefficient (Wildman–Crippen LogP) is 1.38. The van der Waals surface area contributed by atoms with Crippen molar-refractivity contribution in [3.63, 3.8) is 0 Å². The highest BCUT2D eigenvalue weighted by Crippen LogP contribution is 2.43. The Balaban J connectivity index is 1.83. The zero-order valence-corrected chi connectivity index (χ0v) is 10.7. The molecule has 2 aliphatic rings. The van der Waals surface area contributed by atoms with Crippen LogP contribution in [0.1, 0.15) is 31.9 Å². The molecule has 2 heterocycles. The fourth-order valence-electron chi connectivity index (χ4n) is 2.78. The Bertz CT molecular complexity index is 484. The lowest BCUT2D eigenvalue weighted by Gasteiger charge is -2.29. The van der Waals surface area contributed by atoms with Gasteiger partial charge in [0.15, 0.2) is 0 Å². The summed E-state index contributed by atoms with van der Waals surface area (Å²) >= 11 is 0. The van der Waals surface area contributed by atoms with Gasteiger partial charge in [-0.15, -0.1) is 0 Å². The zero-order valence-electron chi connectivity index (χ0n) is 10.7. The lowest BCUT2D eigenvalue weighted by Crippen LogP contribution is -2.44. The first kappa shape index (κ1) is 11.5. The molecule has 1 aromatic carbocycles. The molecule has 0 aromatic heterocycles. The second-order valence-electron chi connectivity index (χ2n) is 5.55. The van der Waals surface area contributed by atoms with E-state index in [1.807, 2.05) is 18.2 Å². The topological polar surface area (TPSA) is 50.4 Å². The number of ether oxygens (including phenoxy) is 1. The summed E-state index contributed by atoms with van der Waals surface area (Å²) in [7, 11) is 0. The monoisotopic (exact) mass is 246 g/mol. The van der Waals surface area contributed by atoms with E-state index in [9.17, 15) is 4.79 Å². The highest BCUT2D eigenvalue weighted by molar-refractivity contribution is 5.78.